The molecule has 0 aliphatic carbocycles. The maximum absolute atomic E-state index is 12.6. The molecule has 1 atom stereocenters. The highest BCUT2D eigenvalue weighted by molar-refractivity contribution is 6.16. The first-order chi connectivity index (χ1) is 12.4. The first-order valence-corrected chi connectivity index (χ1v) is 7.78. The van der Waals surface area contributed by atoms with Gasteiger partial charge in [0, 0.05) is 18.3 Å². The van der Waals surface area contributed by atoms with Crippen LogP contribution in [0, 0.1) is 0 Å². The second-order valence-electron chi connectivity index (χ2n) is 5.74. The van der Waals surface area contributed by atoms with Gasteiger partial charge in [0.25, 0.3) is 5.91 Å². The number of hydrogen-bond acceptors (Lipinski definition) is 6. The van der Waals surface area contributed by atoms with Gasteiger partial charge < -0.3 is 20.9 Å². The molecule has 1 aromatic carbocycles. The summed E-state index contributed by atoms with van der Waals surface area (Å²) in [6.07, 6.45) is 4.91. The van der Waals surface area contributed by atoms with E-state index in [0.29, 0.717) is 12.0 Å². The normalized spacial score (nSPS) is 16.8. The van der Waals surface area contributed by atoms with E-state index in [2.05, 4.69) is 15.0 Å². The number of carbonyl (C=O) groups excluding carboxylic acids is 1. The summed E-state index contributed by atoms with van der Waals surface area (Å²) >= 11 is 0. The number of aromatic amines is 1. The van der Waals surface area contributed by atoms with Crippen molar-refractivity contribution in [1.29, 1.82) is 0 Å². The Morgan fingerprint density at radius 2 is 2.12 bits per heavy atom. The van der Waals surface area contributed by atoms with Crippen LogP contribution in [-0.2, 0) is 16.0 Å². The van der Waals surface area contributed by atoms with Gasteiger partial charge in [-0.3, -0.25) is 14.5 Å². The number of aliphatic imine (C=N–C) groups is 1. The Hall–Kier alpha value is -3.46. The van der Waals surface area contributed by atoms with Gasteiger partial charge in [-0.1, -0.05) is 24.3 Å². The monoisotopic (exact) mass is 354 g/mol. The van der Waals surface area contributed by atoms with E-state index in [1.165, 1.54) is 24.5 Å². The average molecular weight is 354 g/mol. The summed E-state index contributed by atoms with van der Waals surface area (Å²) < 4.78 is 0. The van der Waals surface area contributed by atoms with Crippen LogP contribution in [0.15, 0.2) is 47.5 Å². The van der Waals surface area contributed by atoms with Gasteiger partial charge in [0.2, 0.25) is 0 Å². The molecular formula is C17H16N5O4-. The SMILES string of the molecule is N[C@@H](Cc1cnc[nH]1)C1=N/C(=C\c2ccc([O-])cc2)C(=O)N1CC(=O)O. The molecule has 134 valence electrons. The zero-order valence-electron chi connectivity index (χ0n) is 13.6. The van der Waals surface area contributed by atoms with Crippen molar-refractivity contribution in [1.82, 2.24) is 14.9 Å². The van der Waals surface area contributed by atoms with E-state index in [-0.39, 0.29) is 17.3 Å². The molecule has 9 nitrogen and oxygen atoms in total. The average Bonchev–Trinajstić information content (AvgIpc) is 3.20. The third-order valence-electron chi connectivity index (χ3n) is 3.78. The lowest BCUT2D eigenvalue weighted by atomic mass is 10.1. The number of carboxylic acids is 1. The summed E-state index contributed by atoms with van der Waals surface area (Å²) in [6.45, 7) is -0.537. The van der Waals surface area contributed by atoms with Crippen LogP contribution in [-0.4, -0.2) is 50.3 Å². The first-order valence-electron chi connectivity index (χ1n) is 7.78. The number of hydrogen-bond donors (Lipinski definition) is 3. The minimum Gasteiger partial charge on any atom is -0.872 e. The number of amidine groups is 1. The number of amides is 1. The van der Waals surface area contributed by atoms with Crippen molar-refractivity contribution < 1.29 is 19.8 Å². The van der Waals surface area contributed by atoms with Crippen LogP contribution in [0.3, 0.4) is 0 Å². The van der Waals surface area contributed by atoms with Crippen LogP contribution in [0.5, 0.6) is 5.75 Å². The van der Waals surface area contributed by atoms with Gasteiger partial charge in [-0.15, -0.1) is 5.75 Å². The summed E-state index contributed by atoms with van der Waals surface area (Å²) in [4.78, 5) is 35.8. The third-order valence-corrected chi connectivity index (χ3v) is 3.78. The van der Waals surface area contributed by atoms with E-state index in [4.69, 9.17) is 10.8 Å². The van der Waals surface area contributed by atoms with Crippen LogP contribution in [0.4, 0.5) is 0 Å². The van der Waals surface area contributed by atoms with Crippen LogP contribution in [0.1, 0.15) is 11.3 Å². The fraction of sp³-hybridized carbons (Fsp3) is 0.176. The van der Waals surface area contributed by atoms with Crippen molar-refractivity contribution in [3.8, 4) is 5.75 Å². The highest BCUT2D eigenvalue weighted by Gasteiger charge is 2.34. The van der Waals surface area contributed by atoms with E-state index in [1.54, 1.807) is 18.3 Å². The van der Waals surface area contributed by atoms with Crippen LogP contribution >= 0.6 is 0 Å². The Morgan fingerprint density at radius 1 is 1.38 bits per heavy atom. The lowest BCUT2D eigenvalue weighted by molar-refractivity contribution is -0.268. The van der Waals surface area contributed by atoms with Crippen LogP contribution in [0.25, 0.3) is 6.08 Å². The number of carbonyl (C=O) groups is 2. The van der Waals surface area contributed by atoms with Crippen molar-refractivity contribution >= 4 is 23.8 Å². The van der Waals surface area contributed by atoms with E-state index in [9.17, 15) is 14.7 Å². The number of benzene rings is 1. The van der Waals surface area contributed by atoms with Gasteiger partial charge in [0.05, 0.1) is 12.4 Å². The van der Waals surface area contributed by atoms with E-state index >= 15 is 0 Å². The molecule has 2 heterocycles. The molecule has 1 aliphatic heterocycles. The Kier molecular flexibility index (Phi) is 4.81. The number of nitrogens with one attached hydrogen (secondary N) is 1. The summed E-state index contributed by atoms with van der Waals surface area (Å²) in [5.41, 5.74) is 7.56. The number of carboxylic acid groups (broad SMARTS) is 1. The second kappa shape index (κ2) is 7.19. The molecule has 0 saturated heterocycles. The fourth-order valence-corrected chi connectivity index (χ4v) is 2.59. The van der Waals surface area contributed by atoms with Gasteiger partial charge in [0.15, 0.2) is 0 Å². The molecule has 0 radical (unpaired) electrons. The van der Waals surface area contributed by atoms with Crippen molar-refractivity contribution in [3.63, 3.8) is 0 Å². The molecule has 3 rings (SSSR count). The molecule has 1 aliphatic rings. The molecule has 9 heteroatoms. The van der Waals surface area contributed by atoms with Gasteiger partial charge in [-0.2, -0.15) is 0 Å². The number of aliphatic carboxylic acids is 1. The minimum absolute atomic E-state index is 0.0694. The maximum Gasteiger partial charge on any atom is 0.323 e. The van der Waals surface area contributed by atoms with Gasteiger partial charge in [-0.25, -0.2) is 9.98 Å². The molecular weight excluding hydrogens is 338 g/mol. The van der Waals surface area contributed by atoms with Crippen LogP contribution < -0.4 is 10.8 Å². The number of imidazole rings is 1. The van der Waals surface area contributed by atoms with E-state index < -0.39 is 24.5 Å². The van der Waals surface area contributed by atoms with Gasteiger partial charge in [0.1, 0.15) is 18.1 Å². The zero-order valence-corrected chi connectivity index (χ0v) is 13.6. The maximum atomic E-state index is 12.6. The molecule has 1 amide bonds. The molecule has 0 bridgehead atoms. The Labute approximate surface area is 148 Å². The molecule has 4 N–H and O–H groups in total. The standard InChI is InChI=1S/C17H17N5O4/c18-13(6-11-7-19-9-20-11)16-21-14(17(26)22(16)8-15(24)25)5-10-1-3-12(23)4-2-10/h1-5,7,9,13,23H,6,8,18H2,(H,19,20)(H,24,25)/p-1/b14-5-/t13-/m0/s1. The molecule has 1 aromatic heterocycles. The lowest BCUT2D eigenvalue weighted by Gasteiger charge is -2.20. The quantitative estimate of drug-likeness (QED) is 0.608. The Bertz CT molecular complexity index is 871. The second-order valence-corrected chi connectivity index (χ2v) is 5.74. The molecule has 0 fully saturated rings. The predicted octanol–water partition coefficient (Wildman–Crippen LogP) is -0.281. The highest BCUT2D eigenvalue weighted by Crippen LogP contribution is 2.21. The largest absolute Gasteiger partial charge is 0.872 e. The number of nitrogens with two attached hydrogens (primary N) is 1. The molecule has 2 aromatic rings. The summed E-state index contributed by atoms with van der Waals surface area (Å²) in [5.74, 6) is -1.69. The van der Waals surface area contributed by atoms with Crippen molar-refractivity contribution in [2.75, 3.05) is 6.54 Å². The molecule has 0 unspecified atom stereocenters. The summed E-state index contributed by atoms with van der Waals surface area (Å²) in [7, 11) is 0. The Morgan fingerprint density at radius 3 is 2.73 bits per heavy atom. The predicted molar refractivity (Wildman–Crippen MR) is 90.9 cm³/mol. The van der Waals surface area contributed by atoms with Crippen molar-refractivity contribution in [2.45, 2.75) is 12.5 Å². The van der Waals surface area contributed by atoms with E-state index in [0.717, 1.165) is 10.6 Å². The molecule has 0 spiro atoms. The smallest absolute Gasteiger partial charge is 0.323 e. The topological polar surface area (TPSA) is 148 Å². The number of nitrogens with zero attached hydrogens (tertiary/aromatic N) is 3. The number of aromatic nitrogens is 2. The number of rotatable bonds is 6. The van der Waals surface area contributed by atoms with Gasteiger partial charge in [-0.05, 0) is 11.6 Å². The summed E-state index contributed by atoms with van der Waals surface area (Å²) in [6, 6.07) is 5.17. The molecule has 0 saturated carbocycles. The minimum atomic E-state index is -1.17. The first kappa shape index (κ1) is 17.4. The fourth-order valence-electron chi connectivity index (χ4n) is 2.59. The highest BCUT2D eigenvalue weighted by atomic mass is 16.4. The Balaban J connectivity index is 1.90. The third kappa shape index (κ3) is 3.78. The lowest BCUT2D eigenvalue weighted by Crippen LogP contribution is -2.46. The van der Waals surface area contributed by atoms with E-state index in [1.807, 2.05) is 0 Å². The van der Waals surface area contributed by atoms with Crippen molar-refractivity contribution in [2.24, 2.45) is 10.7 Å². The molecule has 26 heavy (non-hydrogen) atoms. The van der Waals surface area contributed by atoms with Gasteiger partial charge >= 0.3 is 5.97 Å². The van der Waals surface area contributed by atoms with Crippen molar-refractivity contribution in [3.05, 3.63) is 53.7 Å². The summed E-state index contributed by atoms with van der Waals surface area (Å²) in [5, 5.41) is 20.3. The van der Waals surface area contributed by atoms with Crippen LogP contribution in [0.2, 0.25) is 0 Å². The number of H-pyrrole nitrogens is 1. The zero-order chi connectivity index (χ0) is 18.7.